The first-order valence-corrected chi connectivity index (χ1v) is 6.40. The molecule has 18 heavy (non-hydrogen) atoms. The average molecular weight is 309 g/mol. The Kier molecular flexibility index (Phi) is 3.81. The van der Waals surface area contributed by atoms with Gasteiger partial charge in [-0.3, -0.25) is 0 Å². The van der Waals surface area contributed by atoms with Crippen LogP contribution in [0.5, 0.6) is 0 Å². The Morgan fingerprint density at radius 2 is 2.28 bits per heavy atom. The standard InChI is InChI=1S/C13H13BrN2O2/c1-3-18-13(17)11-8-15-16(12(11)14)10-6-4-5-9(2)7-10/h4-8H,3H2,1-2H3. The molecule has 0 N–H and O–H groups in total. The smallest absolute Gasteiger partial charge is 0.342 e. The summed E-state index contributed by atoms with van der Waals surface area (Å²) in [5, 5.41) is 4.20. The Bertz CT molecular complexity index is 578. The van der Waals surface area contributed by atoms with Crippen molar-refractivity contribution in [3.63, 3.8) is 0 Å². The van der Waals surface area contributed by atoms with Gasteiger partial charge in [0.2, 0.25) is 0 Å². The molecule has 0 amide bonds. The van der Waals surface area contributed by atoms with Gasteiger partial charge in [-0.1, -0.05) is 12.1 Å². The van der Waals surface area contributed by atoms with E-state index < -0.39 is 0 Å². The summed E-state index contributed by atoms with van der Waals surface area (Å²) in [7, 11) is 0. The highest BCUT2D eigenvalue weighted by Crippen LogP contribution is 2.22. The zero-order valence-corrected chi connectivity index (χ0v) is 11.8. The summed E-state index contributed by atoms with van der Waals surface area (Å²) in [6.07, 6.45) is 1.50. The molecule has 1 aromatic heterocycles. The second-order valence-corrected chi connectivity index (χ2v) is 4.57. The van der Waals surface area contributed by atoms with Gasteiger partial charge in [-0.25, -0.2) is 9.48 Å². The number of esters is 1. The van der Waals surface area contributed by atoms with Crippen LogP contribution in [0.15, 0.2) is 35.1 Å². The molecule has 0 spiro atoms. The molecule has 2 rings (SSSR count). The quantitative estimate of drug-likeness (QED) is 0.818. The Morgan fingerprint density at radius 1 is 1.50 bits per heavy atom. The maximum absolute atomic E-state index is 11.7. The highest BCUT2D eigenvalue weighted by Gasteiger charge is 2.17. The van der Waals surface area contributed by atoms with Crippen LogP contribution in [0.3, 0.4) is 0 Å². The number of hydrogen-bond acceptors (Lipinski definition) is 3. The van der Waals surface area contributed by atoms with Gasteiger partial charge in [-0.15, -0.1) is 0 Å². The number of ether oxygens (including phenoxy) is 1. The summed E-state index contributed by atoms with van der Waals surface area (Å²) in [5.74, 6) is -0.372. The van der Waals surface area contributed by atoms with Crippen LogP contribution < -0.4 is 0 Å². The Hall–Kier alpha value is -1.62. The van der Waals surface area contributed by atoms with Crippen molar-refractivity contribution in [2.75, 3.05) is 6.61 Å². The second-order valence-electron chi connectivity index (χ2n) is 3.82. The van der Waals surface area contributed by atoms with E-state index in [0.717, 1.165) is 11.3 Å². The van der Waals surface area contributed by atoms with Gasteiger partial charge in [0.1, 0.15) is 10.2 Å². The van der Waals surface area contributed by atoms with Crippen molar-refractivity contribution >= 4 is 21.9 Å². The van der Waals surface area contributed by atoms with Crippen LogP contribution in [0, 0.1) is 6.92 Å². The number of benzene rings is 1. The molecule has 1 aromatic carbocycles. The normalized spacial score (nSPS) is 10.4. The third kappa shape index (κ3) is 2.46. The number of rotatable bonds is 3. The van der Waals surface area contributed by atoms with E-state index >= 15 is 0 Å². The number of aryl methyl sites for hydroxylation is 1. The van der Waals surface area contributed by atoms with Gasteiger partial charge in [0.05, 0.1) is 18.5 Å². The highest BCUT2D eigenvalue weighted by atomic mass is 79.9. The predicted molar refractivity (Wildman–Crippen MR) is 72.0 cm³/mol. The predicted octanol–water partition coefficient (Wildman–Crippen LogP) is 3.12. The molecule has 94 valence electrons. The fourth-order valence-electron chi connectivity index (χ4n) is 1.62. The van der Waals surface area contributed by atoms with Crippen molar-refractivity contribution in [1.82, 2.24) is 9.78 Å². The van der Waals surface area contributed by atoms with E-state index in [2.05, 4.69) is 21.0 Å². The third-order valence-electron chi connectivity index (χ3n) is 2.45. The van der Waals surface area contributed by atoms with Gasteiger partial charge >= 0.3 is 5.97 Å². The zero-order chi connectivity index (χ0) is 13.1. The summed E-state index contributed by atoms with van der Waals surface area (Å²) in [5.41, 5.74) is 2.46. The zero-order valence-electron chi connectivity index (χ0n) is 10.2. The van der Waals surface area contributed by atoms with Gasteiger partial charge in [-0.05, 0) is 47.5 Å². The molecule has 4 nitrogen and oxygen atoms in total. The first-order valence-electron chi connectivity index (χ1n) is 5.61. The fourth-order valence-corrected chi connectivity index (χ4v) is 2.18. The van der Waals surface area contributed by atoms with Gasteiger partial charge in [0, 0.05) is 0 Å². The average Bonchev–Trinajstić information content (AvgIpc) is 2.71. The molecule has 0 fully saturated rings. The van der Waals surface area contributed by atoms with Crippen molar-refractivity contribution in [3.05, 3.63) is 46.2 Å². The minimum atomic E-state index is -0.372. The molecule has 0 aliphatic carbocycles. The molecule has 0 aliphatic heterocycles. The SMILES string of the molecule is CCOC(=O)c1cnn(-c2cccc(C)c2)c1Br. The number of carbonyl (C=O) groups is 1. The summed E-state index contributed by atoms with van der Waals surface area (Å²) >= 11 is 3.38. The maximum atomic E-state index is 11.7. The Balaban J connectivity index is 2.39. The van der Waals surface area contributed by atoms with Crippen LogP contribution in [0.2, 0.25) is 0 Å². The van der Waals surface area contributed by atoms with E-state index in [0.29, 0.717) is 16.8 Å². The van der Waals surface area contributed by atoms with Crippen molar-refractivity contribution in [2.24, 2.45) is 0 Å². The van der Waals surface area contributed by atoms with Crippen molar-refractivity contribution in [2.45, 2.75) is 13.8 Å². The summed E-state index contributed by atoms with van der Waals surface area (Å²) in [6.45, 7) is 4.13. The Morgan fingerprint density at radius 3 is 2.94 bits per heavy atom. The Labute approximate surface area is 114 Å². The fraction of sp³-hybridized carbons (Fsp3) is 0.231. The third-order valence-corrected chi connectivity index (χ3v) is 3.22. The number of hydrogen-bond donors (Lipinski definition) is 0. The van der Waals surface area contributed by atoms with E-state index in [4.69, 9.17) is 4.74 Å². The molecule has 5 heteroatoms. The van der Waals surface area contributed by atoms with Crippen LogP contribution in [0.25, 0.3) is 5.69 Å². The first kappa shape index (κ1) is 12.8. The topological polar surface area (TPSA) is 44.1 Å². The molecule has 0 radical (unpaired) electrons. The summed E-state index contributed by atoms with van der Waals surface area (Å²) in [6, 6.07) is 7.88. The number of carbonyl (C=O) groups excluding carboxylic acids is 1. The molecule has 0 saturated heterocycles. The van der Waals surface area contributed by atoms with Crippen LogP contribution >= 0.6 is 15.9 Å². The number of halogens is 1. The van der Waals surface area contributed by atoms with Gasteiger partial charge in [0.25, 0.3) is 0 Å². The lowest BCUT2D eigenvalue weighted by Gasteiger charge is -2.05. The molecule has 0 unspecified atom stereocenters. The van der Waals surface area contributed by atoms with Crippen molar-refractivity contribution in [1.29, 1.82) is 0 Å². The molecule has 0 atom stereocenters. The van der Waals surface area contributed by atoms with E-state index in [1.54, 1.807) is 11.6 Å². The van der Waals surface area contributed by atoms with Crippen LogP contribution in [-0.2, 0) is 4.74 Å². The van der Waals surface area contributed by atoms with Crippen molar-refractivity contribution in [3.8, 4) is 5.69 Å². The lowest BCUT2D eigenvalue weighted by atomic mass is 10.2. The monoisotopic (exact) mass is 308 g/mol. The van der Waals surface area contributed by atoms with Gasteiger partial charge in [-0.2, -0.15) is 5.10 Å². The van der Waals surface area contributed by atoms with Gasteiger partial charge in [0.15, 0.2) is 0 Å². The van der Waals surface area contributed by atoms with E-state index in [-0.39, 0.29) is 5.97 Å². The molecule has 0 aliphatic rings. The second kappa shape index (κ2) is 5.35. The summed E-state index contributed by atoms with van der Waals surface area (Å²) < 4.78 is 7.23. The van der Waals surface area contributed by atoms with Crippen LogP contribution in [0.4, 0.5) is 0 Å². The van der Waals surface area contributed by atoms with Crippen LogP contribution in [0.1, 0.15) is 22.8 Å². The van der Waals surface area contributed by atoms with Crippen molar-refractivity contribution < 1.29 is 9.53 Å². The molecule has 1 heterocycles. The lowest BCUT2D eigenvalue weighted by molar-refractivity contribution is 0.0525. The highest BCUT2D eigenvalue weighted by molar-refractivity contribution is 9.10. The number of nitrogens with zero attached hydrogens (tertiary/aromatic N) is 2. The largest absolute Gasteiger partial charge is 0.462 e. The number of aromatic nitrogens is 2. The minimum absolute atomic E-state index is 0.348. The van der Waals surface area contributed by atoms with Crippen LogP contribution in [-0.4, -0.2) is 22.4 Å². The first-order chi connectivity index (χ1) is 8.63. The summed E-state index contributed by atoms with van der Waals surface area (Å²) in [4.78, 5) is 11.7. The maximum Gasteiger partial charge on any atom is 0.342 e. The molecular weight excluding hydrogens is 296 g/mol. The molecule has 2 aromatic rings. The molecular formula is C13H13BrN2O2. The molecule has 0 bridgehead atoms. The molecule has 0 saturated carbocycles. The van der Waals surface area contributed by atoms with E-state index in [1.165, 1.54) is 6.20 Å². The minimum Gasteiger partial charge on any atom is -0.462 e. The van der Waals surface area contributed by atoms with E-state index in [9.17, 15) is 4.79 Å². The lowest BCUT2D eigenvalue weighted by Crippen LogP contribution is -2.05. The van der Waals surface area contributed by atoms with Gasteiger partial charge < -0.3 is 4.74 Å². The van der Waals surface area contributed by atoms with E-state index in [1.807, 2.05) is 31.2 Å².